The van der Waals surface area contributed by atoms with Crippen LogP contribution in [0.5, 0.6) is 0 Å². The molecule has 0 aromatic carbocycles. The van der Waals surface area contributed by atoms with Gasteiger partial charge in [-0.15, -0.1) is 10.2 Å². The van der Waals surface area contributed by atoms with Crippen LogP contribution >= 0.6 is 11.3 Å². The Labute approximate surface area is 143 Å². The summed E-state index contributed by atoms with van der Waals surface area (Å²) in [6, 6.07) is 0.225. The summed E-state index contributed by atoms with van der Waals surface area (Å²) >= 11 is 1.43. The van der Waals surface area contributed by atoms with Gasteiger partial charge in [0, 0.05) is 32.2 Å². The molecule has 1 amide bonds. The van der Waals surface area contributed by atoms with E-state index in [1.54, 1.807) is 0 Å². The van der Waals surface area contributed by atoms with Gasteiger partial charge in [-0.05, 0) is 25.7 Å². The minimum absolute atomic E-state index is 0.00610. The summed E-state index contributed by atoms with van der Waals surface area (Å²) in [5.41, 5.74) is 5.90. The highest BCUT2D eigenvalue weighted by Gasteiger charge is 2.25. The van der Waals surface area contributed by atoms with Gasteiger partial charge in [-0.25, -0.2) is 0 Å². The first-order chi connectivity index (χ1) is 11.2. The zero-order chi connectivity index (χ0) is 16.7. The SMILES string of the molecule is CCCCN(CCCC)c1nnc(C(=O)N2CCC(N)CC2)s1. The van der Waals surface area contributed by atoms with E-state index >= 15 is 0 Å². The zero-order valence-corrected chi connectivity index (χ0v) is 15.1. The van der Waals surface area contributed by atoms with Gasteiger partial charge in [0.1, 0.15) is 0 Å². The highest BCUT2D eigenvalue weighted by atomic mass is 32.1. The number of anilines is 1. The van der Waals surface area contributed by atoms with Crippen molar-refractivity contribution < 1.29 is 4.79 Å². The number of nitrogens with two attached hydrogens (primary N) is 1. The van der Waals surface area contributed by atoms with Gasteiger partial charge in [-0.2, -0.15) is 0 Å². The molecule has 1 aromatic heterocycles. The maximum Gasteiger partial charge on any atom is 0.284 e. The average Bonchev–Trinajstić information content (AvgIpc) is 3.05. The van der Waals surface area contributed by atoms with Crippen LogP contribution in [0.1, 0.15) is 62.2 Å². The van der Waals surface area contributed by atoms with Crippen LogP contribution in [0.15, 0.2) is 0 Å². The lowest BCUT2D eigenvalue weighted by Gasteiger charge is -2.29. The van der Waals surface area contributed by atoms with Gasteiger partial charge in [-0.1, -0.05) is 38.0 Å². The van der Waals surface area contributed by atoms with Crippen LogP contribution in [0.4, 0.5) is 5.13 Å². The highest BCUT2D eigenvalue weighted by Crippen LogP contribution is 2.23. The number of carbonyl (C=O) groups is 1. The van der Waals surface area contributed by atoms with Crippen molar-refractivity contribution in [1.82, 2.24) is 15.1 Å². The average molecular weight is 340 g/mol. The molecule has 1 aliphatic rings. The van der Waals surface area contributed by atoms with Gasteiger partial charge in [-0.3, -0.25) is 4.79 Å². The number of likely N-dealkylation sites (tertiary alicyclic amines) is 1. The molecule has 7 heteroatoms. The molecule has 130 valence electrons. The van der Waals surface area contributed by atoms with Gasteiger partial charge in [0.05, 0.1) is 0 Å². The number of aromatic nitrogens is 2. The Bertz CT molecular complexity index is 477. The van der Waals surface area contributed by atoms with Gasteiger partial charge in [0.15, 0.2) is 0 Å². The normalized spacial score (nSPS) is 15.9. The fourth-order valence-electron chi connectivity index (χ4n) is 2.67. The summed E-state index contributed by atoms with van der Waals surface area (Å²) < 4.78 is 0. The molecule has 2 rings (SSSR count). The molecule has 0 radical (unpaired) electrons. The predicted octanol–water partition coefficient (Wildman–Crippen LogP) is 2.51. The van der Waals surface area contributed by atoms with Crippen molar-refractivity contribution >= 4 is 22.4 Å². The van der Waals surface area contributed by atoms with E-state index in [4.69, 9.17) is 5.73 Å². The molecular formula is C16H29N5OS. The molecule has 6 nitrogen and oxygen atoms in total. The van der Waals surface area contributed by atoms with Crippen LogP contribution in [0.2, 0.25) is 0 Å². The van der Waals surface area contributed by atoms with Crippen LogP contribution < -0.4 is 10.6 Å². The van der Waals surface area contributed by atoms with Crippen LogP contribution in [0, 0.1) is 0 Å². The fourth-order valence-corrected chi connectivity index (χ4v) is 3.53. The van der Waals surface area contributed by atoms with Gasteiger partial charge in [0.25, 0.3) is 5.91 Å². The van der Waals surface area contributed by atoms with E-state index in [1.807, 2.05) is 4.90 Å². The van der Waals surface area contributed by atoms with E-state index in [1.165, 1.54) is 11.3 Å². The monoisotopic (exact) mass is 339 g/mol. The van der Waals surface area contributed by atoms with Gasteiger partial charge < -0.3 is 15.5 Å². The molecular weight excluding hydrogens is 310 g/mol. The third-order valence-electron chi connectivity index (χ3n) is 4.26. The largest absolute Gasteiger partial charge is 0.347 e. The molecule has 1 saturated heterocycles. The third kappa shape index (κ3) is 5.14. The number of carbonyl (C=O) groups excluding carboxylic acids is 1. The number of unbranched alkanes of at least 4 members (excludes halogenated alkanes) is 2. The molecule has 0 saturated carbocycles. The lowest BCUT2D eigenvalue weighted by molar-refractivity contribution is 0.0713. The molecule has 0 unspecified atom stereocenters. The van der Waals surface area contributed by atoms with Crippen molar-refractivity contribution in [3.05, 3.63) is 5.01 Å². The summed E-state index contributed by atoms with van der Waals surface area (Å²) in [7, 11) is 0. The van der Waals surface area contributed by atoms with E-state index < -0.39 is 0 Å². The van der Waals surface area contributed by atoms with Gasteiger partial charge in [0.2, 0.25) is 10.1 Å². The van der Waals surface area contributed by atoms with Crippen LogP contribution in [-0.2, 0) is 0 Å². The molecule has 1 aliphatic heterocycles. The molecule has 0 atom stereocenters. The quantitative estimate of drug-likeness (QED) is 0.787. The first-order valence-corrected chi connectivity index (χ1v) is 9.60. The van der Waals surface area contributed by atoms with Crippen molar-refractivity contribution in [2.45, 2.75) is 58.4 Å². The Kier molecular flexibility index (Phi) is 7.23. The Hall–Kier alpha value is -1.21. The number of hydrogen-bond donors (Lipinski definition) is 1. The summed E-state index contributed by atoms with van der Waals surface area (Å²) in [6.07, 6.45) is 6.32. The Morgan fingerprint density at radius 3 is 2.39 bits per heavy atom. The molecule has 1 fully saturated rings. The van der Waals surface area contributed by atoms with E-state index in [2.05, 4.69) is 28.9 Å². The van der Waals surface area contributed by atoms with Gasteiger partial charge >= 0.3 is 0 Å². The number of piperidine rings is 1. The summed E-state index contributed by atoms with van der Waals surface area (Å²) in [5, 5.41) is 9.81. The van der Waals surface area contributed by atoms with Crippen molar-refractivity contribution in [3.8, 4) is 0 Å². The Morgan fingerprint density at radius 2 is 1.83 bits per heavy atom. The van der Waals surface area contributed by atoms with E-state index in [0.717, 1.165) is 69.8 Å². The van der Waals surface area contributed by atoms with E-state index in [-0.39, 0.29) is 11.9 Å². The van der Waals surface area contributed by atoms with E-state index in [9.17, 15) is 4.79 Å². The van der Waals surface area contributed by atoms with Crippen LogP contribution in [-0.4, -0.2) is 53.2 Å². The number of rotatable bonds is 8. The number of hydrogen-bond acceptors (Lipinski definition) is 6. The fraction of sp³-hybridized carbons (Fsp3) is 0.812. The maximum atomic E-state index is 12.5. The zero-order valence-electron chi connectivity index (χ0n) is 14.3. The van der Waals surface area contributed by atoms with Crippen molar-refractivity contribution in [3.63, 3.8) is 0 Å². The second kappa shape index (κ2) is 9.17. The Balaban J connectivity index is 2.00. The van der Waals surface area contributed by atoms with E-state index in [0.29, 0.717) is 5.01 Å². The molecule has 0 aliphatic carbocycles. The van der Waals surface area contributed by atoms with Crippen molar-refractivity contribution in [1.29, 1.82) is 0 Å². The molecule has 0 spiro atoms. The molecule has 23 heavy (non-hydrogen) atoms. The number of amides is 1. The van der Waals surface area contributed by atoms with Crippen molar-refractivity contribution in [2.75, 3.05) is 31.1 Å². The molecule has 2 heterocycles. The van der Waals surface area contributed by atoms with Crippen LogP contribution in [0.25, 0.3) is 0 Å². The minimum atomic E-state index is 0.00610. The van der Waals surface area contributed by atoms with Crippen molar-refractivity contribution in [2.24, 2.45) is 5.73 Å². The lowest BCUT2D eigenvalue weighted by atomic mass is 10.1. The first kappa shape index (κ1) is 18.1. The standard InChI is InChI=1S/C16H29N5OS/c1-3-5-9-21(10-6-4-2)16-19-18-14(23-16)15(22)20-11-7-13(17)8-12-20/h13H,3-12,17H2,1-2H3. The lowest BCUT2D eigenvalue weighted by Crippen LogP contribution is -2.42. The summed E-state index contributed by atoms with van der Waals surface area (Å²) in [6.45, 7) is 7.80. The Morgan fingerprint density at radius 1 is 1.22 bits per heavy atom. The predicted molar refractivity (Wildman–Crippen MR) is 95.1 cm³/mol. The summed E-state index contributed by atoms with van der Waals surface area (Å²) in [4.78, 5) is 16.7. The maximum absolute atomic E-state index is 12.5. The molecule has 0 bridgehead atoms. The number of nitrogens with zero attached hydrogens (tertiary/aromatic N) is 4. The van der Waals surface area contributed by atoms with Crippen LogP contribution in [0.3, 0.4) is 0 Å². The highest BCUT2D eigenvalue weighted by molar-refractivity contribution is 7.17. The smallest absolute Gasteiger partial charge is 0.284 e. The second-order valence-corrected chi connectivity index (χ2v) is 7.17. The topological polar surface area (TPSA) is 75.4 Å². The second-order valence-electron chi connectivity index (χ2n) is 6.21. The molecule has 1 aromatic rings. The molecule has 2 N–H and O–H groups in total. The minimum Gasteiger partial charge on any atom is -0.347 e. The third-order valence-corrected chi connectivity index (χ3v) is 5.23. The first-order valence-electron chi connectivity index (χ1n) is 8.79. The summed E-state index contributed by atoms with van der Waals surface area (Å²) in [5.74, 6) is 0.00610.